The summed E-state index contributed by atoms with van der Waals surface area (Å²) in [7, 11) is -3.29. The number of carbonyl (C=O) groups excluding carboxylic acids is 1. The van der Waals surface area contributed by atoms with Crippen LogP contribution < -0.4 is 10.1 Å². The van der Waals surface area contributed by atoms with Crippen molar-refractivity contribution in [3.8, 4) is 11.5 Å². The summed E-state index contributed by atoms with van der Waals surface area (Å²) in [5.41, 5.74) is 0.401. The van der Waals surface area contributed by atoms with E-state index in [1.807, 2.05) is 0 Å². The number of hydrogen-bond acceptors (Lipinski definition) is 7. The summed E-state index contributed by atoms with van der Waals surface area (Å²) >= 11 is 12.2. The molecule has 0 saturated carbocycles. The number of azo groups is 1. The highest BCUT2D eigenvalue weighted by molar-refractivity contribution is 7.86. The molecule has 0 aliphatic carbocycles. The van der Waals surface area contributed by atoms with Gasteiger partial charge in [-0.2, -0.15) is 8.42 Å². The van der Waals surface area contributed by atoms with Gasteiger partial charge in [0, 0.05) is 22.2 Å². The molecule has 0 aliphatic heterocycles. The van der Waals surface area contributed by atoms with E-state index < -0.39 is 26.7 Å². The number of methoxy groups -OCH3 is 1. The molecule has 4 rings (SSSR count). The molecule has 0 aliphatic rings. The quantitative estimate of drug-likeness (QED) is 0.156. The second-order valence-corrected chi connectivity index (χ2v) is 10.3. The number of phenols is 1. The zero-order chi connectivity index (χ0) is 27.6. The van der Waals surface area contributed by atoms with Gasteiger partial charge in [-0.3, -0.25) is 9.35 Å². The summed E-state index contributed by atoms with van der Waals surface area (Å²) in [6, 6.07) is 15.9. The second kappa shape index (κ2) is 11.0. The molecule has 3 N–H and O–H groups in total. The Kier molecular flexibility index (Phi) is 7.89. The van der Waals surface area contributed by atoms with Gasteiger partial charge in [0.15, 0.2) is 5.75 Å². The van der Waals surface area contributed by atoms with Gasteiger partial charge in [-0.1, -0.05) is 60.5 Å². The lowest BCUT2D eigenvalue weighted by atomic mass is 10.0. The Balaban J connectivity index is 1.86. The fraction of sp³-hybridized carbons (Fsp3) is 0.115. The Morgan fingerprint density at radius 1 is 1.03 bits per heavy atom. The van der Waals surface area contributed by atoms with Gasteiger partial charge in [-0.25, -0.2) is 0 Å². The lowest BCUT2D eigenvalue weighted by Gasteiger charge is -2.13. The van der Waals surface area contributed by atoms with Crippen LogP contribution in [0.3, 0.4) is 0 Å². The highest BCUT2D eigenvalue weighted by atomic mass is 35.5. The highest BCUT2D eigenvalue weighted by Crippen LogP contribution is 2.42. The van der Waals surface area contributed by atoms with Crippen molar-refractivity contribution in [2.45, 2.75) is 18.2 Å². The van der Waals surface area contributed by atoms with E-state index in [-0.39, 0.29) is 22.0 Å². The van der Waals surface area contributed by atoms with Crippen LogP contribution in [0.1, 0.15) is 22.8 Å². The minimum Gasteiger partial charge on any atom is -0.505 e. The van der Waals surface area contributed by atoms with Gasteiger partial charge in [-0.05, 0) is 41.6 Å². The molecular formula is C26H21Cl2N3O6S. The molecule has 0 aromatic heterocycles. The van der Waals surface area contributed by atoms with Gasteiger partial charge in [0.2, 0.25) is 0 Å². The van der Waals surface area contributed by atoms with Crippen molar-refractivity contribution < 1.29 is 27.6 Å². The molecule has 196 valence electrons. The van der Waals surface area contributed by atoms with Crippen LogP contribution >= 0.6 is 23.2 Å². The fourth-order valence-electron chi connectivity index (χ4n) is 3.87. The maximum absolute atomic E-state index is 13.2. The zero-order valence-electron chi connectivity index (χ0n) is 20.1. The summed E-state index contributed by atoms with van der Waals surface area (Å²) in [5, 5.41) is 23.1. The Morgan fingerprint density at radius 2 is 1.74 bits per heavy atom. The number of nitrogens with one attached hydrogen (secondary N) is 1. The molecule has 12 heteroatoms. The summed E-state index contributed by atoms with van der Waals surface area (Å²) < 4.78 is 39.1. The molecule has 9 nitrogen and oxygen atoms in total. The maximum atomic E-state index is 13.2. The minimum absolute atomic E-state index is 0.0831. The van der Waals surface area contributed by atoms with Gasteiger partial charge in [0.25, 0.3) is 16.0 Å². The first-order chi connectivity index (χ1) is 18.0. The van der Waals surface area contributed by atoms with Crippen molar-refractivity contribution in [2.75, 3.05) is 12.4 Å². The lowest BCUT2D eigenvalue weighted by molar-refractivity contribution is 0.102. The number of ether oxygens (including phenoxy) is 1. The molecule has 0 spiro atoms. The highest BCUT2D eigenvalue weighted by Gasteiger charge is 2.24. The molecule has 0 atom stereocenters. The molecule has 0 saturated heterocycles. The van der Waals surface area contributed by atoms with Crippen LogP contribution in [0.4, 0.5) is 17.1 Å². The third-order valence-corrected chi connectivity index (χ3v) is 7.23. The smallest absolute Gasteiger partial charge is 0.298 e. The van der Waals surface area contributed by atoms with Crippen molar-refractivity contribution in [1.82, 2.24) is 0 Å². The van der Waals surface area contributed by atoms with E-state index in [1.54, 1.807) is 49.4 Å². The van der Waals surface area contributed by atoms with E-state index in [9.17, 15) is 22.9 Å². The molecule has 4 aromatic carbocycles. The van der Waals surface area contributed by atoms with Crippen LogP contribution in [0.15, 0.2) is 75.8 Å². The number of benzene rings is 4. The summed E-state index contributed by atoms with van der Waals surface area (Å²) in [6.45, 7) is 1.76. The topological polar surface area (TPSA) is 138 Å². The largest absolute Gasteiger partial charge is 0.505 e. The van der Waals surface area contributed by atoms with E-state index in [2.05, 4.69) is 15.5 Å². The third-order valence-electron chi connectivity index (χ3n) is 5.66. The number of nitrogens with zero attached hydrogens (tertiary/aromatic N) is 2. The fourth-order valence-corrected chi connectivity index (χ4v) is 5.27. The van der Waals surface area contributed by atoms with Crippen molar-refractivity contribution in [2.24, 2.45) is 10.2 Å². The first-order valence-electron chi connectivity index (χ1n) is 11.1. The number of fused-ring (bicyclic) bond motifs is 1. The number of rotatable bonds is 7. The zero-order valence-corrected chi connectivity index (χ0v) is 22.4. The third kappa shape index (κ3) is 5.58. The first kappa shape index (κ1) is 27.3. The standard InChI is InChI=1S/C26H21Cl2N3O6S/c1-3-14-8-9-21(28)25(38(34,35)36)22(14)30-31-23-19-7-5-4-6-15(19)10-20(24(23)32)26(33)29-17-11-16(27)12-18(13-17)37-2/h4-13,32H,3H2,1-2H3,(H,29,33)(H,34,35,36). The minimum atomic E-state index is -4.75. The number of halogens is 2. The Hall–Kier alpha value is -3.70. The summed E-state index contributed by atoms with van der Waals surface area (Å²) in [5.74, 6) is -0.731. The van der Waals surface area contributed by atoms with E-state index in [0.717, 1.165) is 0 Å². The number of aromatic hydroxyl groups is 1. The normalized spacial score (nSPS) is 11.7. The number of amides is 1. The number of hydrogen-bond donors (Lipinski definition) is 3. The van der Waals surface area contributed by atoms with E-state index >= 15 is 0 Å². The maximum Gasteiger partial charge on any atom is 0.298 e. The molecular weight excluding hydrogens is 553 g/mol. The molecule has 0 heterocycles. The van der Waals surface area contributed by atoms with E-state index in [4.69, 9.17) is 27.9 Å². The number of aryl methyl sites for hydroxylation is 1. The first-order valence-corrected chi connectivity index (χ1v) is 13.3. The Morgan fingerprint density at radius 3 is 2.42 bits per heavy atom. The number of carbonyl (C=O) groups is 1. The molecule has 0 bridgehead atoms. The monoisotopic (exact) mass is 573 g/mol. The van der Waals surface area contributed by atoms with Crippen molar-refractivity contribution in [3.63, 3.8) is 0 Å². The summed E-state index contributed by atoms with van der Waals surface area (Å²) in [6.07, 6.45) is 0.353. The van der Waals surface area contributed by atoms with E-state index in [0.29, 0.717) is 39.2 Å². The van der Waals surface area contributed by atoms with Gasteiger partial charge >= 0.3 is 0 Å². The van der Waals surface area contributed by atoms with Crippen LogP contribution in [0, 0.1) is 0 Å². The molecule has 1 amide bonds. The molecule has 4 aromatic rings. The van der Waals surface area contributed by atoms with Gasteiger partial charge in [0.05, 0.1) is 17.7 Å². The van der Waals surface area contributed by atoms with Gasteiger partial charge < -0.3 is 15.2 Å². The Labute approximate surface area is 228 Å². The molecule has 38 heavy (non-hydrogen) atoms. The number of anilines is 1. The molecule has 0 unspecified atom stereocenters. The van der Waals surface area contributed by atoms with Crippen molar-refractivity contribution >= 4 is 67.1 Å². The van der Waals surface area contributed by atoms with Crippen LogP contribution in [0.2, 0.25) is 10.0 Å². The van der Waals surface area contributed by atoms with Crippen LogP contribution in [0.5, 0.6) is 11.5 Å². The Bertz CT molecular complexity index is 1710. The van der Waals surface area contributed by atoms with Crippen LogP contribution in [-0.2, 0) is 16.5 Å². The SMILES string of the molecule is CCc1ccc(Cl)c(S(=O)(=O)O)c1N=Nc1c(O)c(C(=O)Nc2cc(Cl)cc(OC)c2)cc2ccccc12. The van der Waals surface area contributed by atoms with Gasteiger partial charge in [0.1, 0.15) is 22.0 Å². The molecule has 0 fully saturated rings. The van der Waals surface area contributed by atoms with Crippen LogP contribution in [0.25, 0.3) is 10.8 Å². The average Bonchev–Trinajstić information content (AvgIpc) is 2.86. The number of phenolic OH excluding ortho intramolecular Hbond substituents is 1. The van der Waals surface area contributed by atoms with Crippen molar-refractivity contribution in [1.29, 1.82) is 0 Å². The van der Waals surface area contributed by atoms with Gasteiger partial charge in [-0.15, -0.1) is 10.2 Å². The molecule has 0 radical (unpaired) electrons. The van der Waals surface area contributed by atoms with Crippen LogP contribution in [-0.4, -0.2) is 31.1 Å². The summed E-state index contributed by atoms with van der Waals surface area (Å²) in [4.78, 5) is 12.6. The van der Waals surface area contributed by atoms with Crippen molar-refractivity contribution in [3.05, 3.63) is 81.8 Å². The average molecular weight is 574 g/mol. The predicted molar refractivity (Wildman–Crippen MR) is 146 cm³/mol. The lowest BCUT2D eigenvalue weighted by Crippen LogP contribution is -2.12. The van der Waals surface area contributed by atoms with E-state index in [1.165, 1.54) is 25.3 Å². The predicted octanol–water partition coefficient (Wildman–Crippen LogP) is 7.34. The second-order valence-electron chi connectivity index (χ2n) is 8.09.